The summed E-state index contributed by atoms with van der Waals surface area (Å²) in [5, 5.41) is 0. The Kier molecular flexibility index (Phi) is 6.80. The van der Waals surface area contributed by atoms with Crippen molar-refractivity contribution in [2.24, 2.45) is 0 Å². The van der Waals surface area contributed by atoms with E-state index in [1.165, 1.54) is 0 Å². The molecule has 0 saturated carbocycles. The van der Waals surface area contributed by atoms with Gasteiger partial charge in [-0.15, -0.1) is 0 Å². The van der Waals surface area contributed by atoms with Gasteiger partial charge in [0.2, 0.25) is 11.8 Å². The largest absolute Gasteiger partial charge is 0.492 e. The number of hydrogen-bond acceptors (Lipinski definition) is 3. The van der Waals surface area contributed by atoms with Crippen molar-refractivity contribution in [2.75, 3.05) is 33.3 Å². The molecule has 0 atom stereocenters. The Morgan fingerprint density at radius 2 is 1.63 bits per heavy atom. The first-order valence-corrected chi connectivity index (χ1v) is 10.6. The standard InChI is InChI=1S/C25H32N2O3/c1-19-16-20(2)18-23(17-19)30-15-14-26(4)24(29)25(22-8-6-5-7-9-22)10-12-27(13-11-25)21(3)28/h5-9,16-18H,10-15H2,1-4H3. The summed E-state index contributed by atoms with van der Waals surface area (Å²) in [6, 6.07) is 16.1. The van der Waals surface area contributed by atoms with Crippen LogP contribution in [0.3, 0.4) is 0 Å². The normalized spacial score (nSPS) is 15.5. The Labute approximate surface area is 179 Å². The highest BCUT2D eigenvalue weighted by molar-refractivity contribution is 5.88. The number of likely N-dealkylation sites (tertiary alicyclic amines) is 1. The van der Waals surface area contributed by atoms with Gasteiger partial charge < -0.3 is 14.5 Å². The van der Waals surface area contributed by atoms with E-state index >= 15 is 0 Å². The van der Waals surface area contributed by atoms with Crippen LogP contribution < -0.4 is 4.74 Å². The summed E-state index contributed by atoms with van der Waals surface area (Å²) in [5.41, 5.74) is 2.76. The van der Waals surface area contributed by atoms with E-state index in [1.807, 2.05) is 68.3 Å². The fourth-order valence-electron chi connectivity index (χ4n) is 4.37. The minimum atomic E-state index is -0.595. The third kappa shape index (κ3) is 4.84. The molecule has 160 valence electrons. The molecule has 0 bridgehead atoms. The van der Waals surface area contributed by atoms with E-state index < -0.39 is 5.41 Å². The highest BCUT2D eigenvalue weighted by Gasteiger charge is 2.44. The van der Waals surface area contributed by atoms with E-state index in [4.69, 9.17) is 4.74 Å². The van der Waals surface area contributed by atoms with Crippen LogP contribution in [0.1, 0.15) is 36.5 Å². The van der Waals surface area contributed by atoms with E-state index in [-0.39, 0.29) is 11.8 Å². The Bertz CT molecular complexity index is 866. The molecule has 5 heteroatoms. The molecule has 1 aliphatic heterocycles. The lowest BCUT2D eigenvalue weighted by atomic mass is 9.71. The highest BCUT2D eigenvalue weighted by atomic mass is 16.5. The van der Waals surface area contributed by atoms with Crippen LogP contribution in [-0.2, 0) is 15.0 Å². The van der Waals surface area contributed by atoms with Crippen molar-refractivity contribution in [3.63, 3.8) is 0 Å². The number of ether oxygens (including phenoxy) is 1. The molecule has 2 amide bonds. The first-order chi connectivity index (χ1) is 14.3. The van der Waals surface area contributed by atoms with Crippen LogP contribution >= 0.6 is 0 Å². The average molecular weight is 409 g/mol. The van der Waals surface area contributed by atoms with Gasteiger partial charge in [-0.1, -0.05) is 36.4 Å². The molecular formula is C25H32N2O3. The Hall–Kier alpha value is -2.82. The molecule has 5 nitrogen and oxygen atoms in total. The minimum Gasteiger partial charge on any atom is -0.492 e. The third-order valence-corrected chi connectivity index (χ3v) is 6.04. The predicted octanol–water partition coefficient (Wildman–Crippen LogP) is 3.72. The maximum atomic E-state index is 13.6. The van der Waals surface area contributed by atoms with E-state index in [2.05, 4.69) is 6.07 Å². The molecule has 2 aromatic carbocycles. The van der Waals surface area contributed by atoms with Crippen LogP contribution in [0.15, 0.2) is 48.5 Å². The van der Waals surface area contributed by atoms with Crippen molar-refractivity contribution in [3.05, 3.63) is 65.2 Å². The monoisotopic (exact) mass is 408 g/mol. The SMILES string of the molecule is CC(=O)N1CCC(C(=O)N(C)CCOc2cc(C)cc(C)c2)(c2ccccc2)CC1. The van der Waals surface area contributed by atoms with Crippen LogP contribution in [0.5, 0.6) is 5.75 Å². The van der Waals surface area contributed by atoms with Gasteiger partial charge >= 0.3 is 0 Å². The first-order valence-electron chi connectivity index (χ1n) is 10.6. The van der Waals surface area contributed by atoms with Gasteiger partial charge in [0.25, 0.3) is 0 Å². The molecule has 1 heterocycles. The van der Waals surface area contributed by atoms with Gasteiger partial charge in [0, 0.05) is 27.1 Å². The van der Waals surface area contributed by atoms with Gasteiger partial charge in [0.1, 0.15) is 12.4 Å². The second-order valence-electron chi connectivity index (χ2n) is 8.35. The number of piperidine rings is 1. The quantitative estimate of drug-likeness (QED) is 0.732. The molecule has 0 spiro atoms. The lowest BCUT2D eigenvalue weighted by Crippen LogP contribution is -2.53. The topological polar surface area (TPSA) is 49.9 Å². The van der Waals surface area contributed by atoms with Crippen molar-refractivity contribution < 1.29 is 14.3 Å². The summed E-state index contributed by atoms with van der Waals surface area (Å²) in [6.07, 6.45) is 1.27. The number of aryl methyl sites for hydroxylation is 2. The van der Waals surface area contributed by atoms with E-state index in [9.17, 15) is 9.59 Å². The number of likely N-dealkylation sites (N-methyl/N-ethyl adjacent to an activating group) is 1. The molecule has 0 aromatic heterocycles. The summed E-state index contributed by atoms with van der Waals surface area (Å²) in [7, 11) is 1.84. The fraction of sp³-hybridized carbons (Fsp3) is 0.440. The Morgan fingerprint density at radius 3 is 2.20 bits per heavy atom. The number of carbonyl (C=O) groups excluding carboxylic acids is 2. The maximum Gasteiger partial charge on any atom is 0.233 e. The molecule has 0 aliphatic carbocycles. The molecule has 1 aliphatic rings. The predicted molar refractivity (Wildman–Crippen MR) is 119 cm³/mol. The Balaban J connectivity index is 1.70. The van der Waals surface area contributed by atoms with Gasteiger partial charge in [-0.2, -0.15) is 0 Å². The average Bonchev–Trinajstić information content (AvgIpc) is 2.73. The Morgan fingerprint density at radius 1 is 1.03 bits per heavy atom. The zero-order chi connectivity index (χ0) is 21.7. The maximum absolute atomic E-state index is 13.6. The van der Waals surface area contributed by atoms with Crippen molar-refractivity contribution >= 4 is 11.8 Å². The molecule has 1 fully saturated rings. The summed E-state index contributed by atoms with van der Waals surface area (Å²) in [5.74, 6) is 1.00. The van der Waals surface area contributed by atoms with Gasteiger partial charge in [-0.05, 0) is 55.5 Å². The molecule has 1 saturated heterocycles. The molecule has 0 N–H and O–H groups in total. The van der Waals surface area contributed by atoms with Gasteiger partial charge in [-0.3, -0.25) is 9.59 Å². The lowest BCUT2D eigenvalue weighted by Gasteiger charge is -2.42. The number of benzene rings is 2. The van der Waals surface area contributed by atoms with E-state index in [0.29, 0.717) is 39.1 Å². The summed E-state index contributed by atoms with van der Waals surface area (Å²) in [6.45, 7) is 7.84. The van der Waals surface area contributed by atoms with Crippen LogP contribution in [-0.4, -0.2) is 54.9 Å². The summed E-state index contributed by atoms with van der Waals surface area (Å²) < 4.78 is 5.92. The van der Waals surface area contributed by atoms with Crippen LogP contribution in [0, 0.1) is 13.8 Å². The smallest absolute Gasteiger partial charge is 0.233 e. The highest BCUT2D eigenvalue weighted by Crippen LogP contribution is 2.37. The second kappa shape index (κ2) is 9.33. The molecular weight excluding hydrogens is 376 g/mol. The van der Waals surface area contributed by atoms with Gasteiger partial charge in [0.15, 0.2) is 0 Å². The fourth-order valence-corrected chi connectivity index (χ4v) is 4.37. The number of rotatable bonds is 6. The summed E-state index contributed by atoms with van der Waals surface area (Å²) in [4.78, 5) is 29.0. The van der Waals surface area contributed by atoms with Gasteiger partial charge in [-0.25, -0.2) is 0 Å². The zero-order valence-corrected chi connectivity index (χ0v) is 18.5. The van der Waals surface area contributed by atoms with Crippen molar-refractivity contribution in [1.82, 2.24) is 9.80 Å². The number of hydrogen-bond donors (Lipinski definition) is 0. The second-order valence-corrected chi connectivity index (χ2v) is 8.35. The number of nitrogens with zero attached hydrogens (tertiary/aromatic N) is 2. The number of amides is 2. The van der Waals surface area contributed by atoms with Crippen LogP contribution in [0.2, 0.25) is 0 Å². The first kappa shape index (κ1) is 21.9. The molecule has 0 unspecified atom stereocenters. The van der Waals surface area contributed by atoms with Crippen LogP contribution in [0.4, 0.5) is 0 Å². The minimum absolute atomic E-state index is 0.0688. The van der Waals surface area contributed by atoms with Crippen molar-refractivity contribution in [1.29, 1.82) is 0 Å². The van der Waals surface area contributed by atoms with Crippen molar-refractivity contribution in [2.45, 2.75) is 39.0 Å². The zero-order valence-electron chi connectivity index (χ0n) is 18.5. The van der Waals surface area contributed by atoms with E-state index in [0.717, 1.165) is 22.4 Å². The third-order valence-electron chi connectivity index (χ3n) is 6.04. The lowest BCUT2D eigenvalue weighted by molar-refractivity contribution is -0.141. The van der Waals surface area contributed by atoms with Gasteiger partial charge in [0.05, 0.1) is 12.0 Å². The molecule has 30 heavy (non-hydrogen) atoms. The number of carbonyl (C=O) groups is 2. The summed E-state index contributed by atoms with van der Waals surface area (Å²) >= 11 is 0. The molecule has 3 rings (SSSR count). The van der Waals surface area contributed by atoms with Crippen LogP contribution in [0.25, 0.3) is 0 Å². The van der Waals surface area contributed by atoms with E-state index in [1.54, 1.807) is 11.8 Å². The molecule has 2 aromatic rings. The molecule has 0 radical (unpaired) electrons. The van der Waals surface area contributed by atoms with Crippen molar-refractivity contribution in [3.8, 4) is 5.75 Å².